The van der Waals surface area contributed by atoms with Crippen molar-refractivity contribution in [2.45, 2.75) is 58.8 Å². The van der Waals surface area contributed by atoms with Crippen LogP contribution in [0.3, 0.4) is 0 Å². The third kappa shape index (κ3) is 6.79. The van der Waals surface area contributed by atoms with E-state index in [1.807, 2.05) is 26.1 Å². The van der Waals surface area contributed by atoms with Crippen LogP contribution in [0.5, 0.6) is 0 Å². The van der Waals surface area contributed by atoms with Gasteiger partial charge in [0.2, 0.25) is 0 Å². The summed E-state index contributed by atoms with van der Waals surface area (Å²) >= 11 is 0. The smallest absolute Gasteiger partial charge is 0.257 e. The molecule has 2 N–H and O–H groups in total. The minimum absolute atomic E-state index is 0.342. The zero-order valence-electron chi connectivity index (χ0n) is 19.2. The monoisotopic (exact) mass is 427 g/mol. The van der Waals surface area contributed by atoms with Crippen LogP contribution < -0.4 is 10.6 Å². The predicted molar refractivity (Wildman–Crippen MR) is 124 cm³/mol. The predicted octanol–water partition coefficient (Wildman–Crippen LogP) is 3.99. The van der Waals surface area contributed by atoms with Gasteiger partial charge in [-0.15, -0.1) is 0 Å². The van der Waals surface area contributed by atoms with Crippen LogP contribution in [-0.2, 0) is 17.6 Å². The molecule has 31 heavy (non-hydrogen) atoms. The van der Waals surface area contributed by atoms with Gasteiger partial charge in [-0.1, -0.05) is 37.1 Å². The largest absolute Gasteiger partial charge is 0.382 e. The Kier molecular flexibility index (Phi) is 8.88. The van der Waals surface area contributed by atoms with E-state index in [1.165, 1.54) is 31.2 Å². The maximum absolute atomic E-state index is 5.62. The molecule has 1 heterocycles. The van der Waals surface area contributed by atoms with Crippen molar-refractivity contribution in [2.24, 2.45) is 10.4 Å². The van der Waals surface area contributed by atoms with Crippen LogP contribution in [0.1, 0.15) is 57.3 Å². The lowest BCUT2D eigenvalue weighted by molar-refractivity contribution is 0.105. The first-order valence-corrected chi connectivity index (χ1v) is 11.6. The standard InChI is InChI=1S/C24H37N5O2/c1-4-21-28-22(31-29-21)20-10-8-19(9-11-20)12-16-26-23(25-3)27-18-24(13-6-7-14-24)15-17-30-5-2/h8-11H,4-7,12-18H2,1-3H3,(H2,25,26,27). The molecule has 0 saturated heterocycles. The second-order valence-corrected chi connectivity index (χ2v) is 8.32. The molecule has 0 radical (unpaired) electrons. The molecule has 1 saturated carbocycles. The first-order chi connectivity index (χ1) is 15.2. The van der Waals surface area contributed by atoms with E-state index in [-0.39, 0.29) is 0 Å². The van der Waals surface area contributed by atoms with Crippen LogP contribution in [0.4, 0.5) is 0 Å². The van der Waals surface area contributed by atoms with Gasteiger partial charge in [-0.2, -0.15) is 4.98 Å². The molecule has 0 unspecified atom stereocenters. The minimum atomic E-state index is 0.342. The average molecular weight is 428 g/mol. The Morgan fingerprint density at radius 1 is 1.16 bits per heavy atom. The maximum atomic E-state index is 5.62. The molecule has 7 heteroatoms. The highest BCUT2D eigenvalue weighted by Gasteiger charge is 2.33. The highest BCUT2D eigenvalue weighted by molar-refractivity contribution is 5.79. The normalized spacial score (nSPS) is 15.9. The Hall–Kier alpha value is -2.41. The zero-order chi connectivity index (χ0) is 21.9. The molecule has 0 amide bonds. The van der Waals surface area contributed by atoms with Gasteiger partial charge in [0.05, 0.1) is 0 Å². The Morgan fingerprint density at radius 2 is 1.94 bits per heavy atom. The molecule has 3 rings (SSSR count). The topological polar surface area (TPSA) is 84.6 Å². The molecule has 0 bridgehead atoms. The number of aryl methyl sites for hydroxylation is 1. The maximum Gasteiger partial charge on any atom is 0.257 e. The zero-order valence-corrected chi connectivity index (χ0v) is 19.2. The summed E-state index contributed by atoms with van der Waals surface area (Å²) < 4.78 is 10.9. The van der Waals surface area contributed by atoms with Crippen molar-refractivity contribution < 1.29 is 9.26 Å². The number of nitrogens with one attached hydrogen (secondary N) is 2. The van der Waals surface area contributed by atoms with Crippen LogP contribution in [0.25, 0.3) is 11.5 Å². The first-order valence-electron chi connectivity index (χ1n) is 11.6. The molecule has 0 atom stereocenters. The summed E-state index contributed by atoms with van der Waals surface area (Å²) in [7, 11) is 1.83. The highest BCUT2D eigenvalue weighted by atomic mass is 16.5. The van der Waals surface area contributed by atoms with Gasteiger partial charge in [0.25, 0.3) is 5.89 Å². The second-order valence-electron chi connectivity index (χ2n) is 8.32. The number of hydrogen-bond donors (Lipinski definition) is 2. The van der Waals surface area contributed by atoms with E-state index in [0.29, 0.717) is 11.3 Å². The number of aliphatic imine (C=N–C) groups is 1. The lowest BCUT2D eigenvalue weighted by atomic mass is 9.83. The molecular weight excluding hydrogens is 390 g/mol. The van der Waals surface area contributed by atoms with Gasteiger partial charge in [0.1, 0.15) is 0 Å². The van der Waals surface area contributed by atoms with E-state index in [2.05, 4.69) is 44.8 Å². The molecule has 0 aliphatic heterocycles. The summed E-state index contributed by atoms with van der Waals surface area (Å²) in [5.74, 6) is 2.19. The van der Waals surface area contributed by atoms with Crippen LogP contribution in [0, 0.1) is 5.41 Å². The Labute approximate surface area is 186 Å². The molecule has 1 aromatic carbocycles. The van der Waals surface area contributed by atoms with Crippen molar-refractivity contribution in [3.63, 3.8) is 0 Å². The van der Waals surface area contributed by atoms with E-state index in [9.17, 15) is 0 Å². The number of ether oxygens (including phenoxy) is 1. The third-order valence-electron chi connectivity index (χ3n) is 6.19. The number of benzene rings is 1. The number of hydrogen-bond acceptors (Lipinski definition) is 5. The Balaban J connectivity index is 1.44. The van der Waals surface area contributed by atoms with Crippen LogP contribution in [-0.4, -0.2) is 49.5 Å². The van der Waals surface area contributed by atoms with E-state index >= 15 is 0 Å². The lowest BCUT2D eigenvalue weighted by Gasteiger charge is -2.30. The SMILES string of the molecule is CCOCCC1(CNC(=NC)NCCc2ccc(-c3nc(CC)no3)cc2)CCCC1. The summed E-state index contributed by atoms with van der Waals surface area (Å²) in [6.45, 7) is 7.50. The molecule has 1 aliphatic carbocycles. The van der Waals surface area contributed by atoms with Gasteiger partial charge in [0, 0.05) is 45.3 Å². The molecule has 170 valence electrons. The van der Waals surface area contributed by atoms with E-state index in [4.69, 9.17) is 9.26 Å². The summed E-state index contributed by atoms with van der Waals surface area (Å²) in [6.07, 6.45) is 8.00. The van der Waals surface area contributed by atoms with Crippen molar-refractivity contribution in [1.82, 2.24) is 20.8 Å². The minimum Gasteiger partial charge on any atom is -0.382 e. The molecule has 1 fully saturated rings. The van der Waals surface area contributed by atoms with Gasteiger partial charge in [-0.3, -0.25) is 4.99 Å². The molecule has 0 spiro atoms. The summed E-state index contributed by atoms with van der Waals surface area (Å²) in [5.41, 5.74) is 2.55. The van der Waals surface area contributed by atoms with Crippen molar-refractivity contribution in [3.8, 4) is 11.5 Å². The number of guanidine groups is 1. The van der Waals surface area contributed by atoms with E-state index in [0.717, 1.165) is 62.9 Å². The molecule has 1 aromatic heterocycles. The van der Waals surface area contributed by atoms with Crippen LogP contribution in [0.15, 0.2) is 33.8 Å². The van der Waals surface area contributed by atoms with Gasteiger partial charge in [0.15, 0.2) is 11.8 Å². The highest BCUT2D eigenvalue weighted by Crippen LogP contribution is 2.40. The quantitative estimate of drug-likeness (QED) is 0.320. The summed E-state index contributed by atoms with van der Waals surface area (Å²) in [5, 5.41) is 11.0. The number of nitrogens with zero attached hydrogens (tertiary/aromatic N) is 3. The Morgan fingerprint density at radius 3 is 2.58 bits per heavy atom. The Bertz CT molecular complexity index is 810. The second kappa shape index (κ2) is 11.8. The van der Waals surface area contributed by atoms with Crippen molar-refractivity contribution in [3.05, 3.63) is 35.7 Å². The molecule has 2 aromatic rings. The van der Waals surface area contributed by atoms with E-state index in [1.54, 1.807) is 0 Å². The number of rotatable bonds is 11. The molecular formula is C24H37N5O2. The fourth-order valence-corrected chi connectivity index (χ4v) is 4.22. The summed E-state index contributed by atoms with van der Waals surface area (Å²) in [4.78, 5) is 8.79. The summed E-state index contributed by atoms with van der Waals surface area (Å²) in [6, 6.07) is 8.31. The van der Waals surface area contributed by atoms with Gasteiger partial charge >= 0.3 is 0 Å². The number of aromatic nitrogens is 2. The van der Waals surface area contributed by atoms with Gasteiger partial charge in [-0.05, 0) is 55.7 Å². The van der Waals surface area contributed by atoms with Crippen LogP contribution >= 0.6 is 0 Å². The first kappa shape index (κ1) is 23.3. The van der Waals surface area contributed by atoms with Crippen molar-refractivity contribution >= 4 is 5.96 Å². The fourth-order valence-electron chi connectivity index (χ4n) is 4.22. The molecule has 7 nitrogen and oxygen atoms in total. The van der Waals surface area contributed by atoms with Crippen molar-refractivity contribution in [1.29, 1.82) is 0 Å². The third-order valence-corrected chi connectivity index (χ3v) is 6.19. The lowest BCUT2D eigenvalue weighted by Crippen LogP contribution is -2.44. The fraction of sp³-hybridized carbons (Fsp3) is 0.625. The van der Waals surface area contributed by atoms with Gasteiger partial charge in [-0.25, -0.2) is 0 Å². The molecule has 1 aliphatic rings. The van der Waals surface area contributed by atoms with E-state index < -0.39 is 0 Å². The average Bonchev–Trinajstić information content (AvgIpc) is 3.47. The van der Waals surface area contributed by atoms with Gasteiger partial charge < -0.3 is 19.9 Å². The van der Waals surface area contributed by atoms with Crippen molar-refractivity contribution in [2.75, 3.05) is 33.4 Å². The van der Waals surface area contributed by atoms with Crippen LogP contribution in [0.2, 0.25) is 0 Å².